The van der Waals surface area contributed by atoms with Gasteiger partial charge in [0.05, 0.1) is 119 Å². The third-order valence-corrected chi connectivity index (χ3v) is 5.51. The Morgan fingerprint density at radius 1 is 0.436 bits per heavy atom. The van der Waals surface area contributed by atoms with Crippen LogP contribution in [0.2, 0.25) is 0 Å². The fourth-order valence-electron chi connectivity index (χ4n) is 3.25. The average molecular weight is 561 g/mol. The number of hydrogen-bond donors (Lipinski definition) is 0. The Labute approximate surface area is 235 Å². The van der Waals surface area contributed by atoms with Crippen molar-refractivity contribution in [2.75, 3.05) is 120 Å². The molecular weight excluding hydrogens is 508 g/mol. The first kappa shape index (κ1) is 35.8. The molecule has 0 aliphatic carbocycles. The first-order valence-corrected chi connectivity index (χ1v) is 13.9. The molecule has 228 valence electrons. The predicted molar refractivity (Wildman–Crippen MR) is 149 cm³/mol. The van der Waals surface area contributed by atoms with E-state index < -0.39 is 0 Å². The summed E-state index contributed by atoms with van der Waals surface area (Å²) in [6.45, 7) is 14.2. The Kier molecular flexibility index (Phi) is 24.8. The molecule has 10 nitrogen and oxygen atoms in total. The smallest absolute Gasteiger partial charge is 0.0721 e. The number of rotatable bonds is 29. The van der Waals surface area contributed by atoms with E-state index in [4.69, 9.17) is 47.4 Å². The maximum Gasteiger partial charge on any atom is 0.0721 e. The number of hydrogen-bond acceptors (Lipinski definition) is 10. The lowest BCUT2D eigenvalue weighted by Crippen LogP contribution is -2.13. The van der Waals surface area contributed by atoms with Gasteiger partial charge in [0.25, 0.3) is 0 Å². The highest BCUT2D eigenvalue weighted by molar-refractivity contribution is 5.32. The summed E-state index contributed by atoms with van der Waals surface area (Å²) in [6, 6.07) is 6.50. The van der Waals surface area contributed by atoms with Gasteiger partial charge in [0, 0.05) is 14.2 Å². The maximum atomic E-state index is 5.89. The molecule has 0 bridgehead atoms. The second-order valence-corrected chi connectivity index (χ2v) is 8.95. The van der Waals surface area contributed by atoms with Crippen molar-refractivity contribution in [2.45, 2.75) is 33.0 Å². The summed E-state index contributed by atoms with van der Waals surface area (Å²) >= 11 is 0. The molecule has 0 unspecified atom stereocenters. The Morgan fingerprint density at radius 2 is 0.769 bits per heavy atom. The summed E-state index contributed by atoms with van der Waals surface area (Å²) in [5.74, 6) is 0.444. The molecule has 0 saturated carbocycles. The minimum Gasteiger partial charge on any atom is -0.382 e. The van der Waals surface area contributed by atoms with Crippen molar-refractivity contribution in [1.82, 2.24) is 0 Å². The van der Waals surface area contributed by atoms with E-state index in [1.54, 1.807) is 14.2 Å². The summed E-state index contributed by atoms with van der Waals surface area (Å²) in [5.41, 5.74) is 3.54. The van der Waals surface area contributed by atoms with Crippen LogP contribution in [-0.2, 0) is 60.6 Å². The monoisotopic (exact) mass is 560 g/mol. The van der Waals surface area contributed by atoms with Gasteiger partial charge in [0.2, 0.25) is 0 Å². The van der Waals surface area contributed by atoms with E-state index >= 15 is 0 Å². The highest BCUT2D eigenvalue weighted by atomic mass is 16.6. The van der Waals surface area contributed by atoms with Crippen molar-refractivity contribution in [3.8, 4) is 0 Å². The predicted octanol–water partition coefficient (Wildman–Crippen LogP) is 3.24. The van der Waals surface area contributed by atoms with Gasteiger partial charge in [-0.3, -0.25) is 0 Å². The van der Waals surface area contributed by atoms with Crippen LogP contribution in [-0.4, -0.2) is 120 Å². The minimum atomic E-state index is 0.444. The Balaban J connectivity index is 2.14. The molecule has 1 rings (SSSR count). The lowest BCUT2D eigenvalue weighted by molar-refractivity contribution is -0.0111. The number of ether oxygens (including phenoxy) is 10. The highest BCUT2D eigenvalue weighted by Gasteiger charge is 2.08. The average Bonchev–Trinajstić information content (AvgIpc) is 2.94. The number of methoxy groups -OCH3 is 2. The lowest BCUT2D eigenvalue weighted by atomic mass is 9.98. The lowest BCUT2D eigenvalue weighted by Gasteiger charge is -2.15. The minimum absolute atomic E-state index is 0.444. The second-order valence-electron chi connectivity index (χ2n) is 8.95. The van der Waals surface area contributed by atoms with Gasteiger partial charge >= 0.3 is 0 Å². The van der Waals surface area contributed by atoms with Crippen molar-refractivity contribution in [2.24, 2.45) is 0 Å². The van der Waals surface area contributed by atoms with E-state index in [1.165, 1.54) is 5.56 Å². The molecule has 0 spiro atoms. The summed E-state index contributed by atoms with van der Waals surface area (Å²) in [5, 5.41) is 0. The van der Waals surface area contributed by atoms with Gasteiger partial charge in [-0.1, -0.05) is 32.0 Å². The van der Waals surface area contributed by atoms with E-state index in [9.17, 15) is 0 Å². The van der Waals surface area contributed by atoms with E-state index in [0.717, 1.165) is 11.1 Å². The molecule has 0 saturated heterocycles. The SMILES string of the molecule is COCCOCCOCCOCCOCc1ccc(C(C)C)cc1COCCOCCOCCOCCOC. The van der Waals surface area contributed by atoms with Crippen LogP contribution in [0.5, 0.6) is 0 Å². The first-order valence-electron chi connectivity index (χ1n) is 13.9. The highest BCUT2D eigenvalue weighted by Crippen LogP contribution is 2.20. The van der Waals surface area contributed by atoms with Crippen LogP contribution in [0, 0.1) is 0 Å². The zero-order chi connectivity index (χ0) is 28.2. The van der Waals surface area contributed by atoms with E-state index in [0.29, 0.717) is 125 Å². The fourth-order valence-corrected chi connectivity index (χ4v) is 3.25. The molecule has 0 atom stereocenters. The van der Waals surface area contributed by atoms with Crippen molar-refractivity contribution in [1.29, 1.82) is 0 Å². The van der Waals surface area contributed by atoms with Crippen LogP contribution in [0.4, 0.5) is 0 Å². The van der Waals surface area contributed by atoms with E-state index in [2.05, 4.69) is 32.0 Å². The number of benzene rings is 1. The Hall–Kier alpha value is -1.18. The zero-order valence-corrected chi connectivity index (χ0v) is 24.6. The van der Waals surface area contributed by atoms with Crippen LogP contribution < -0.4 is 0 Å². The van der Waals surface area contributed by atoms with Gasteiger partial charge in [0.1, 0.15) is 0 Å². The molecule has 0 aliphatic heterocycles. The van der Waals surface area contributed by atoms with Crippen molar-refractivity contribution in [3.05, 3.63) is 34.9 Å². The Morgan fingerprint density at radius 3 is 1.13 bits per heavy atom. The first-order chi connectivity index (χ1) is 19.2. The topological polar surface area (TPSA) is 92.3 Å². The third-order valence-electron chi connectivity index (χ3n) is 5.51. The van der Waals surface area contributed by atoms with Gasteiger partial charge < -0.3 is 47.4 Å². The van der Waals surface area contributed by atoms with Crippen LogP contribution in [0.15, 0.2) is 18.2 Å². The zero-order valence-electron chi connectivity index (χ0n) is 24.6. The third kappa shape index (κ3) is 21.3. The summed E-state index contributed by atoms with van der Waals surface area (Å²) in [7, 11) is 3.31. The van der Waals surface area contributed by atoms with Crippen molar-refractivity contribution < 1.29 is 47.4 Å². The molecule has 39 heavy (non-hydrogen) atoms. The summed E-state index contributed by atoms with van der Waals surface area (Å²) in [6.07, 6.45) is 0. The van der Waals surface area contributed by atoms with Crippen molar-refractivity contribution >= 4 is 0 Å². The van der Waals surface area contributed by atoms with E-state index in [-0.39, 0.29) is 0 Å². The molecule has 0 amide bonds. The molecule has 0 N–H and O–H groups in total. The maximum absolute atomic E-state index is 5.89. The van der Waals surface area contributed by atoms with Crippen LogP contribution in [0.3, 0.4) is 0 Å². The molecule has 0 aromatic heterocycles. The van der Waals surface area contributed by atoms with E-state index in [1.807, 2.05) is 0 Å². The molecular formula is C29H52O10. The standard InChI is InChI=1S/C29H52O10/c1-26(2)27-5-6-28(24-38-21-19-36-17-15-34-13-11-32-9-7-30-3)29(23-27)25-39-22-20-37-18-16-35-14-12-33-10-8-31-4/h5-6,23,26H,7-22,24-25H2,1-4H3. The van der Waals surface area contributed by atoms with Crippen LogP contribution in [0.1, 0.15) is 36.5 Å². The molecule has 0 heterocycles. The molecule has 0 radical (unpaired) electrons. The fraction of sp³-hybridized carbons (Fsp3) is 0.793. The van der Waals surface area contributed by atoms with Crippen molar-refractivity contribution in [3.63, 3.8) is 0 Å². The normalized spacial score (nSPS) is 11.6. The molecule has 0 aliphatic rings. The van der Waals surface area contributed by atoms with Crippen LogP contribution in [0.25, 0.3) is 0 Å². The summed E-state index contributed by atoms with van der Waals surface area (Å²) < 4.78 is 54.4. The molecule has 1 aromatic rings. The van der Waals surface area contributed by atoms with Gasteiger partial charge in [-0.05, 0) is 22.6 Å². The molecule has 0 fully saturated rings. The van der Waals surface area contributed by atoms with Crippen LogP contribution >= 0.6 is 0 Å². The van der Waals surface area contributed by atoms with Gasteiger partial charge in [-0.25, -0.2) is 0 Å². The second kappa shape index (κ2) is 27.0. The molecule has 1 aromatic carbocycles. The van der Waals surface area contributed by atoms with Gasteiger partial charge in [0.15, 0.2) is 0 Å². The summed E-state index contributed by atoms with van der Waals surface area (Å²) in [4.78, 5) is 0. The Bertz CT molecular complexity index is 659. The van der Waals surface area contributed by atoms with Gasteiger partial charge in [-0.15, -0.1) is 0 Å². The van der Waals surface area contributed by atoms with Gasteiger partial charge in [-0.2, -0.15) is 0 Å². The molecule has 10 heteroatoms. The largest absolute Gasteiger partial charge is 0.382 e. The quantitative estimate of drug-likeness (QED) is 0.136.